The molecule has 1 saturated heterocycles. The van der Waals surface area contributed by atoms with E-state index in [9.17, 15) is 14.7 Å². The molecular weight excluding hydrogens is 246 g/mol. The molecule has 108 valence electrons. The molecule has 0 spiro atoms. The molecule has 0 aromatic carbocycles. The van der Waals surface area contributed by atoms with E-state index in [1.807, 2.05) is 13.8 Å². The predicted octanol–water partition coefficient (Wildman–Crippen LogP) is 1.37. The average molecular weight is 269 g/mol. The molecule has 1 saturated carbocycles. The van der Waals surface area contributed by atoms with E-state index >= 15 is 0 Å². The zero-order chi connectivity index (χ0) is 14.0. The van der Waals surface area contributed by atoms with Crippen molar-refractivity contribution in [3.8, 4) is 0 Å². The molecule has 2 fully saturated rings. The number of likely N-dealkylation sites (tertiary alicyclic amines) is 1. The minimum atomic E-state index is -0.809. The lowest BCUT2D eigenvalue weighted by Gasteiger charge is -2.40. The van der Waals surface area contributed by atoms with Crippen molar-refractivity contribution >= 4 is 11.9 Å². The third-order valence-electron chi connectivity index (χ3n) is 4.25. The Morgan fingerprint density at radius 3 is 2.68 bits per heavy atom. The summed E-state index contributed by atoms with van der Waals surface area (Å²) in [6.07, 6.45) is 2.82. The largest absolute Gasteiger partial charge is 0.481 e. The minimum Gasteiger partial charge on any atom is -0.481 e. The number of ether oxygens (including phenoxy) is 1. The van der Waals surface area contributed by atoms with Crippen molar-refractivity contribution in [2.75, 3.05) is 19.8 Å². The van der Waals surface area contributed by atoms with Gasteiger partial charge in [0.1, 0.15) is 0 Å². The Labute approximate surface area is 113 Å². The number of rotatable bonds is 6. The fourth-order valence-electron chi connectivity index (χ4n) is 2.89. The van der Waals surface area contributed by atoms with Crippen molar-refractivity contribution in [3.05, 3.63) is 0 Å². The molecule has 1 aliphatic carbocycles. The summed E-state index contributed by atoms with van der Waals surface area (Å²) in [4.78, 5) is 25.0. The molecule has 5 heteroatoms. The van der Waals surface area contributed by atoms with Gasteiger partial charge in [0.05, 0.1) is 12.5 Å². The van der Waals surface area contributed by atoms with Crippen molar-refractivity contribution in [2.24, 2.45) is 17.8 Å². The number of aliphatic carboxylic acids is 1. The highest BCUT2D eigenvalue weighted by Crippen LogP contribution is 2.30. The Balaban J connectivity index is 1.85. The maximum absolute atomic E-state index is 12.0. The van der Waals surface area contributed by atoms with Gasteiger partial charge >= 0.3 is 5.97 Å². The number of carboxylic acid groups (broad SMARTS) is 1. The number of hydrogen-bond donors (Lipinski definition) is 1. The first kappa shape index (κ1) is 14.3. The first-order valence-electron chi connectivity index (χ1n) is 7.10. The first-order valence-corrected chi connectivity index (χ1v) is 7.10. The molecule has 1 amide bonds. The highest BCUT2D eigenvalue weighted by atomic mass is 16.5. The van der Waals surface area contributed by atoms with Crippen LogP contribution in [0, 0.1) is 17.8 Å². The lowest BCUT2D eigenvalue weighted by atomic mass is 9.81. The van der Waals surface area contributed by atoms with Crippen molar-refractivity contribution in [2.45, 2.75) is 39.2 Å². The number of amides is 1. The van der Waals surface area contributed by atoms with E-state index < -0.39 is 11.9 Å². The van der Waals surface area contributed by atoms with Gasteiger partial charge in [-0.25, -0.2) is 0 Å². The van der Waals surface area contributed by atoms with Crippen LogP contribution in [0.25, 0.3) is 0 Å². The molecule has 1 heterocycles. The Hall–Kier alpha value is -1.10. The smallest absolute Gasteiger partial charge is 0.308 e. The van der Waals surface area contributed by atoms with Gasteiger partial charge in [0.15, 0.2) is 0 Å². The van der Waals surface area contributed by atoms with Crippen LogP contribution in [-0.2, 0) is 14.3 Å². The molecule has 0 bridgehead atoms. The van der Waals surface area contributed by atoms with Crippen LogP contribution in [0.15, 0.2) is 0 Å². The van der Waals surface area contributed by atoms with E-state index in [0.717, 1.165) is 6.61 Å². The second-order valence-electron chi connectivity index (χ2n) is 5.89. The van der Waals surface area contributed by atoms with Gasteiger partial charge in [-0.2, -0.15) is 0 Å². The van der Waals surface area contributed by atoms with E-state index in [4.69, 9.17) is 4.74 Å². The summed E-state index contributed by atoms with van der Waals surface area (Å²) in [6.45, 7) is 5.45. The molecule has 2 rings (SSSR count). The standard InChI is InChI=1S/C14H23NO4/c1-9-7-12(16)15(10(2)13(9)14(17)18)5-6-19-8-11-3-4-11/h9-11,13H,3-8H2,1-2H3,(H,17,18). The molecule has 0 aromatic rings. The highest BCUT2D eigenvalue weighted by molar-refractivity contribution is 5.81. The Kier molecular flexibility index (Phi) is 4.45. The number of carbonyl (C=O) groups excluding carboxylic acids is 1. The summed E-state index contributed by atoms with van der Waals surface area (Å²) < 4.78 is 5.54. The monoisotopic (exact) mass is 269 g/mol. The number of piperidine rings is 1. The third kappa shape index (κ3) is 3.47. The van der Waals surface area contributed by atoms with Gasteiger partial charge in [-0.3, -0.25) is 9.59 Å². The van der Waals surface area contributed by atoms with Crippen molar-refractivity contribution in [3.63, 3.8) is 0 Å². The molecule has 0 radical (unpaired) electrons. The average Bonchev–Trinajstić information content (AvgIpc) is 3.10. The van der Waals surface area contributed by atoms with Gasteiger partial charge in [0.2, 0.25) is 5.91 Å². The predicted molar refractivity (Wildman–Crippen MR) is 69.6 cm³/mol. The highest BCUT2D eigenvalue weighted by Gasteiger charge is 2.41. The van der Waals surface area contributed by atoms with Gasteiger partial charge in [-0.1, -0.05) is 6.92 Å². The van der Waals surface area contributed by atoms with Gasteiger partial charge in [0.25, 0.3) is 0 Å². The zero-order valence-electron chi connectivity index (χ0n) is 11.7. The van der Waals surface area contributed by atoms with E-state index in [1.165, 1.54) is 12.8 Å². The number of nitrogens with zero attached hydrogens (tertiary/aromatic N) is 1. The molecule has 2 aliphatic rings. The van der Waals surface area contributed by atoms with Crippen LogP contribution in [0.1, 0.15) is 33.1 Å². The molecule has 5 nitrogen and oxygen atoms in total. The maximum atomic E-state index is 12.0. The number of carboxylic acids is 1. The van der Waals surface area contributed by atoms with Crippen LogP contribution in [0.5, 0.6) is 0 Å². The second-order valence-corrected chi connectivity index (χ2v) is 5.89. The van der Waals surface area contributed by atoms with Gasteiger partial charge in [-0.05, 0) is 31.6 Å². The van der Waals surface area contributed by atoms with Crippen LogP contribution in [0.3, 0.4) is 0 Å². The maximum Gasteiger partial charge on any atom is 0.308 e. The summed E-state index contributed by atoms with van der Waals surface area (Å²) in [7, 11) is 0. The van der Waals surface area contributed by atoms with Gasteiger partial charge in [-0.15, -0.1) is 0 Å². The van der Waals surface area contributed by atoms with Crippen LogP contribution in [0.2, 0.25) is 0 Å². The first-order chi connectivity index (χ1) is 9.00. The minimum absolute atomic E-state index is 0.0486. The van der Waals surface area contributed by atoms with E-state index in [-0.39, 0.29) is 17.9 Å². The van der Waals surface area contributed by atoms with Crippen LogP contribution >= 0.6 is 0 Å². The molecule has 1 N–H and O–H groups in total. The lowest BCUT2D eigenvalue weighted by molar-refractivity contribution is -0.155. The molecule has 19 heavy (non-hydrogen) atoms. The summed E-state index contributed by atoms with van der Waals surface area (Å²) in [5, 5.41) is 9.27. The zero-order valence-corrected chi connectivity index (χ0v) is 11.7. The SMILES string of the molecule is CC1CC(=O)N(CCOCC2CC2)C(C)C1C(=O)O. The van der Waals surface area contributed by atoms with Crippen molar-refractivity contribution in [1.82, 2.24) is 4.90 Å². The Bertz CT molecular complexity index is 353. The Morgan fingerprint density at radius 1 is 1.42 bits per heavy atom. The molecule has 3 atom stereocenters. The van der Waals surface area contributed by atoms with Crippen LogP contribution < -0.4 is 0 Å². The van der Waals surface area contributed by atoms with Gasteiger partial charge < -0.3 is 14.7 Å². The third-order valence-corrected chi connectivity index (χ3v) is 4.25. The molecule has 1 aliphatic heterocycles. The summed E-state index contributed by atoms with van der Waals surface area (Å²) >= 11 is 0. The quantitative estimate of drug-likeness (QED) is 0.740. The fraction of sp³-hybridized carbons (Fsp3) is 0.857. The van der Waals surface area contributed by atoms with E-state index in [1.54, 1.807) is 4.90 Å². The summed E-state index contributed by atoms with van der Waals surface area (Å²) in [5.41, 5.74) is 0. The normalized spacial score (nSPS) is 31.6. The van der Waals surface area contributed by atoms with Crippen LogP contribution in [0.4, 0.5) is 0 Å². The number of hydrogen-bond acceptors (Lipinski definition) is 3. The lowest BCUT2D eigenvalue weighted by Crippen LogP contribution is -2.53. The van der Waals surface area contributed by atoms with Crippen molar-refractivity contribution < 1.29 is 19.4 Å². The molecule has 0 aromatic heterocycles. The summed E-state index contributed by atoms with van der Waals surface area (Å²) in [6, 6.07) is -0.252. The summed E-state index contributed by atoms with van der Waals surface area (Å²) in [5.74, 6) is -0.616. The van der Waals surface area contributed by atoms with Gasteiger partial charge in [0, 0.05) is 25.6 Å². The second kappa shape index (κ2) is 5.90. The fourth-order valence-corrected chi connectivity index (χ4v) is 2.89. The Morgan fingerprint density at radius 2 is 2.11 bits per heavy atom. The number of carbonyl (C=O) groups is 2. The van der Waals surface area contributed by atoms with Crippen molar-refractivity contribution in [1.29, 1.82) is 0 Å². The van der Waals surface area contributed by atoms with E-state index in [2.05, 4.69) is 0 Å². The molecular formula is C14H23NO4. The van der Waals surface area contributed by atoms with Crippen LogP contribution in [-0.4, -0.2) is 47.7 Å². The molecule has 3 unspecified atom stereocenters. The topological polar surface area (TPSA) is 66.8 Å². The van der Waals surface area contributed by atoms with E-state index in [0.29, 0.717) is 25.5 Å².